The molecule has 1 aromatic heterocycles. The van der Waals surface area contributed by atoms with Gasteiger partial charge in [-0.2, -0.15) is 0 Å². The molecule has 1 heterocycles. The first-order valence-corrected chi connectivity index (χ1v) is 7.98. The topological polar surface area (TPSA) is 71.1 Å². The Balaban J connectivity index is 1.79. The molecule has 0 aliphatic rings. The zero-order valence-corrected chi connectivity index (χ0v) is 14.1. The highest BCUT2D eigenvalue weighted by atomic mass is 35.5. The molecular weight excluding hydrogens is 357 g/mol. The van der Waals surface area contributed by atoms with Gasteiger partial charge in [0.1, 0.15) is 5.82 Å². The molecule has 3 rings (SSSR count). The van der Waals surface area contributed by atoms with Gasteiger partial charge in [0, 0.05) is 22.5 Å². The monoisotopic (exact) mass is 369 g/mol. The minimum absolute atomic E-state index is 0.197. The molecule has 130 valence electrons. The molecule has 3 aromatic rings. The van der Waals surface area contributed by atoms with E-state index < -0.39 is 17.6 Å². The van der Waals surface area contributed by atoms with Crippen molar-refractivity contribution in [1.29, 1.82) is 0 Å². The van der Waals surface area contributed by atoms with Crippen molar-refractivity contribution < 1.29 is 14.0 Å². The number of nitrogens with zero attached hydrogens (tertiary/aromatic N) is 1. The van der Waals surface area contributed by atoms with Gasteiger partial charge in [0.15, 0.2) is 0 Å². The Kier molecular flexibility index (Phi) is 5.24. The average Bonchev–Trinajstić information content (AvgIpc) is 2.64. The number of halogens is 2. The highest BCUT2D eigenvalue weighted by Gasteiger charge is 2.14. The van der Waals surface area contributed by atoms with Crippen molar-refractivity contribution >= 4 is 34.8 Å². The van der Waals surface area contributed by atoms with E-state index in [-0.39, 0.29) is 11.3 Å². The van der Waals surface area contributed by atoms with Gasteiger partial charge in [-0.15, -0.1) is 0 Å². The number of hydrogen-bond acceptors (Lipinski definition) is 3. The quantitative estimate of drug-likeness (QED) is 0.717. The van der Waals surface area contributed by atoms with Gasteiger partial charge in [-0.25, -0.2) is 4.39 Å². The van der Waals surface area contributed by atoms with E-state index >= 15 is 0 Å². The fourth-order valence-corrected chi connectivity index (χ4v) is 2.44. The maximum atomic E-state index is 14.0. The van der Waals surface area contributed by atoms with Crippen molar-refractivity contribution in [2.45, 2.75) is 0 Å². The van der Waals surface area contributed by atoms with Crippen LogP contribution in [0.1, 0.15) is 20.7 Å². The summed E-state index contributed by atoms with van der Waals surface area (Å²) in [7, 11) is 0. The molecule has 7 heteroatoms. The Morgan fingerprint density at radius 3 is 2.46 bits per heavy atom. The molecule has 0 fully saturated rings. The third-order valence-corrected chi connectivity index (χ3v) is 3.71. The third-order valence-electron chi connectivity index (χ3n) is 3.48. The van der Waals surface area contributed by atoms with E-state index in [1.54, 1.807) is 36.5 Å². The first kappa shape index (κ1) is 17.6. The number of rotatable bonds is 4. The lowest BCUT2D eigenvalue weighted by molar-refractivity contribution is 0.101. The van der Waals surface area contributed by atoms with E-state index in [9.17, 15) is 14.0 Å². The largest absolute Gasteiger partial charge is 0.322 e. The molecule has 0 bridgehead atoms. The predicted molar refractivity (Wildman–Crippen MR) is 98.0 cm³/mol. The van der Waals surface area contributed by atoms with Crippen LogP contribution in [0.25, 0.3) is 0 Å². The number of benzene rings is 2. The van der Waals surface area contributed by atoms with Crippen LogP contribution in [0, 0.1) is 5.82 Å². The number of amides is 2. The lowest BCUT2D eigenvalue weighted by Crippen LogP contribution is -2.16. The molecule has 0 atom stereocenters. The van der Waals surface area contributed by atoms with Gasteiger partial charge in [-0.3, -0.25) is 14.6 Å². The number of pyridine rings is 1. The van der Waals surface area contributed by atoms with Crippen molar-refractivity contribution in [3.05, 3.63) is 89.0 Å². The molecule has 0 aliphatic carbocycles. The van der Waals surface area contributed by atoms with Crippen molar-refractivity contribution in [2.75, 3.05) is 10.6 Å². The number of hydrogen-bond donors (Lipinski definition) is 2. The number of anilines is 2. The molecule has 0 radical (unpaired) electrons. The normalized spacial score (nSPS) is 10.2. The number of carbonyl (C=O) groups excluding carboxylic acids is 2. The molecule has 0 saturated heterocycles. The van der Waals surface area contributed by atoms with Crippen molar-refractivity contribution in [2.24, 2.45) is 0 Å². The molecule has 0 aliphatic heterocycles. The summed E-state index contributed by atoms with van der Waals surface area (Å²) in [6.07, 6.45) is 3.00. The second-order valence-corrected chi connectivity index (χ2v) is 5.79. The molecular formula is C19H13ClFN3O2. The SMILES string of the molecule is O=C(Nc1ccc(F)c(C(=O)Nc2cccnc2)c1)c1cccc(Cl)c1. The van der Waals surface area contributed by atoms with Crippen molar-refractivity contribution in [3.63, 3.8) is 0 Å². The summed E-state index contributed by atoms with van der Waals surface area (Å²) >= 11 is 5.87. The summed E-state index contributed by atoms with van der Waals surface area (Å²) < 4.78 is 14.0. The Bertz CT molecular complexity index is 964. The van der Waals surface area contributed by atoms with E-state index in [0.717, 1.165) is 6.07 Å². The Morgan fingerprint density at radius 2 is 1.73 bits per heavy atom. The van der Waals surface area contributed by atoms with Gasteiger partial charge in [0.25, 0.3) is 11.8 Å². The first-order chi connectivity index (χ1) is 12.5. The Hall–Kier alpha value is -3.25. The van der Waals surface area contributed by atoms with Crippen LogP contribution in [-0.2, 0) is 0 Å². The maximum Gasteiger partial charge on any atom is 0.258 e. The van der Waals surface area contributed by atoms with E-state index in [1.165, 1.54) is 24.4 Å². The van der Waals surface area contributed by atoms with Crippen LogP contribution in [0.4, 0.5) is 15.8 Å². The van der Waals surface area contributed by atoms with Crippen LogP contribution in [0.3, 0.4) is 0 Å². The number of carbonyl (C=O) groups is 2. The van der Waals surface area contributed by atoms with Crippen LogP contribution >= 0.6 is 11.6 Å². The standard InChI is InChI=1S/C19H13ClFN3O2/c20-13-4-1-3-12(9-13)18(25)23-14-6-7-17(21)16(10-14)19(26)24-15-5-2-8-22-11-15/h1-11H,(H,23,25)(H,24,26). The van der Waals surface area contributed by atoms with Gasteiger partial charge in [0.2, 0.25) is 0 Å². The van der Waals surface area contributed by atoms with Crippen LogP contribution < -0.4 is 10.6 Å². The van der Waals surface area contributed by atoms with Crippen LogP contribution in [0.5, 0.6) is 0 Å². The van der Waals surface area contributed by atoms with Gasteiger partial charge in [-0.1, -0.05) is 17.7 Å². The maximum absolute atomic E-state index is 14.0. The summed E-state index contributed by atoms with van der Waals surface area (Å²) in [6, 6.07) is 13.4. The average molecular weight is 370 g/mol. The zero-order chi connectivity index (χ0) is 18.5. The highest BCUT2D eigenvalue weighted by Crippen LogP contribution is 2.18. The van der Waals surface area contributed by atoms with Gasteiger partial charge >= 0.3 is 0 Å². The summed E-state index contributed by atoms with van der Waals surface area (Å²) in [5, 5.41) is 5.59. The molecule has 26 heavy (non-hydrogen) atoms. The van der Waals surface area contributed by atoms with Crippen molar-refractivity contribution in [1.82, 2.24) is 4.98 Å². The van der Waals surface area contributed by atoms with Gasteiger partial charge in [-0.05, 0) is 48.5 Å². The molecule has 2 amide bonds. The lowest BCUT2D eigenvalue weighted by atomic mass is 10.1. The van der Waals surface area contributed by atoms with E-state index in [1.807, 2.05) is 0 Å². The number of nitrogens with one attached hydrogen (secondary N) is 2. The minimum Gasteiger partial charge on any atom is -0.322 e. The summed E-state index contributed by atoms with van der Waals surface area (Å²) in [5.41, 5.74) is 0.874. The van der Waals surface area contributed by atoms with Crippen molar-refractivity contribution in [3.8, 4) is 0 Å². The lowest BCUT2D eigenvalue weighted by Gasteiger charge is -2.09. The Morgan fingerprint density at radius 1 is 0.923 bits per heavy atom. The van der Waals surface area contributed by atoms with E-state index in [2.05, 4.69) is 15.6 Å². The van der Waals surface area contributed by atoms with Crippen LogP contribution in [0.2, 0.25) is 5.02 Å². The number of aromatic nitrogens is 1. The minimum atomic E-state index is -0.702. The van der Waals surface area contributed by atoms with Crippen LogP contribution in [-0.4, -0.2) is 16.8 Å². The van der Waals surface area contributed by atoms with Gasteiger partial charge < -0.3 is 10.6 Å². The fourth-order valence-electron chi connectivity index (χ4n) is 2.25. The second kappa shape index (κ2) is 7.76. The first-order valence-electron chi connectivity index (χ1n) is 7.61. The van der Waals surface area contributed by atoms with E-state index in [0.29, 0.717) is 16.3 Å². The summed E-state index contributed by atoms with van der Waals surface area (Å²) in [5.74, 6) is -1.76. The Labute approximate surface area is 153 Å². The third kappa shape index (κ3) is 4.23. The zero-order valence-electron chi connectivity index (χ0n) is 13.4. The highest BCUT2D eigenvalue weighted by molar-refractivity contribution is 6.31. The van der Waals surface area contributed by atoms with Gasteiger partial charge in [0.05, 0.1) is 17.4 Å². The molecule has 2 N–H and O–H groups in total. The molecule has 0 unspecified atom stereocenters. The fraction of sp³-hybridized carbons (Fsp3) is 0. The summed E-state index contributed by atoms with van der Waals surface area (Å²) in [4.78, 5) is 28.4. The molecule has 0 saturated carbocycles. The molecule has 2 aromatic carbocycles. The van der Waals surface area contributed by atoms with E-state index in [4.69, 9.17) is 11.6 Å². The molecule has 0 spiro atoms. The summed E-state index contributed by atoms with van der Waals surface area (Å²) in [6.45, 7) is 0. The smallest absolute Gasteiger partial charge is 0.258 e. The van der Waals surface area contributed by atoms with Crippen LogP contribution in [0.15, 0.2) is 67.0 Å². The second-order valence-electron chi connectivity index (χ2n) is 5.35. The predicted octanol–water partition coefficient (Wildman–Crippen LogP) is 4.38. The molecule has 5 nitrogen and oxygen atoms in total.